The molecule has 0 saturated carbocycles. The van der Waals surface area contributed by atoms with Crippen LogP contribution in [0.15, 0.2) is 70.0 Å². The number of aryl methyl sites for hydroxylation is 1. The van der Waals surface area contributed by atoms with E-state index < -0.39 is 17.4 Å². The second kappa shape index (κ2) is 8.76. The first kappa shape index (κ1) is 20.9. The number of carbonyl (C=O) groups excluding carboxylic acids is 2. The number of carbonyl (C=O) groups is 2. The van der Waals surface area contributed by atoms with Gasteiger partial charge in [-0.15, -0.1) is 4.57 Å². The molecule has 4 aromatic rings. The van der Waals surface area contributed by atoms with E-state index in [2.05, 4.69) is 10.3 Å². The molecule has 162 valence electrons. The van der Waals surface area contributed by atoms with Crippen molar-refractivity contribution < 1.29 is 23.6 Å². The number of rotatable bonds is 6. The fourth-order valence-electron chi connectivity index (χ4n) is 3.16. The SMILES string of the molecule is COc1ccccc1C(=O)Nc1ccccc1C(=O)OCc1cc(=O)n2oc(C)cc2n1. The Kier molecular flexibility index (Phi) is 5.71. The van der Waals surface area contributed by atoms with Crippen LogP contribution in [0, 0.1) is 6.92 Å². The van der Waals surface area contributed by atoms with Crippen molar-refractivity contribution in [2.45, 2.75) is 13.5 Å². The van der Waals surface area contributed by atoms with Gasteiger partial charge in [-0.05, 0) is 31.2 Å². The van der Waals surface area contributed by atoms with Crippen molar-refractivity contribution in [2.24, 2.45) is 0 Å². The number of aromatic nitrogens is 2. The maximum absolute atomic E-state index is 12.7. The van der Waals surface area contributed by atoms with Gasteiger partial charge < -0.3 is 19.3 Å². The highest BCUT2D eigenvalue weighted by atomic mass is 16.5. The summed E-state index contributed by atoms with van der Waals surface area (Å²) in [6.45, 7) is 1.48. The third-order valence-electron chi connectivity index (χ3n) is 4.62. The Labute approximate surface area is 182 Å². The van der Waals surface area contributed by atoms with E-state index in [1.165, 1.54) is 19.2 Å². The molecular formula is C23H19N3O6. The zero-order valence-corrected chi connectivity index (χ0v) is 17.3. The lowest BCUT2D eigenvalue weighted by Gasteiger charge is -2.12. The Bertz CT molecular complexity index is 1370. The molecule has 9 nitrogen and oxygen atoms in total. The number of esters is 1. The van der Waals surface area contributed by atoms with Crippen LogP contribution in [-0.2, 0) is 11.3 Å². The Balaban J connectivity index is 1.51. The second-order valence-electron chi connectivity index (χ2n) is 6.86. The Morgan fingerprint density at radius 1 is 1.06 bits per heavy atom. The van der Waals surface area contributed by atoms with Crippen molar-refractivity contribution >= 4 is 23.2 Å². The van der Waals surface area contributed by atoms with Gasteiger partial charge in [-0.3, -0.25) is 9.59 Å². The maximum Gasteiger partial charge on any atom is 0.340 e. The van der Waals surface area contributed by atoms with Gasteiger partial charge in [0, 0.05) is 12.1 Å². The van der Waals surface area contributed by atoms with E-state index in [9.17, 15) is 14.4 Å². The highest BCUT2D eigenvalue weighted by Crippen LogP contribution is 2.22. The molecule has 0 radical (unpaired) electrons. The number of fused-ring (bicyclic) bond motifs is 1. The van der Waals surface area contributed by atoms with Gasteiger partial charge in [-0.2, -0.15) is 0 Å². The largest absolute Gasteiger partial charge is 0.496 e. The molecule has 2 aromatic carbocycles. The summed E-state index contributed by atoms with van der Waals surface area (Å²) in [5.41, 5.74) is 0.949. The summed E-state index contributed by atoms with van der Waals surface area (Å²) in [6.07, 6.45) is 0. The molecule has 2 heterocycles. The van der Waals surface area contributed by atoms with Crippen LogP contribution in [0.4, 0.5) is 5.69 Å². The molecule has 0 aliphatic carbocycles. The summed E-state index contributed by atoms with van der Waals surface area (Å²) >= 11 is 0. The number of benzene rings is 2. The lowest BCUT2D eigenvalue weighted by molar-refractivity contribution is 0.0469. The predicted octanol–water partition coefficient (Wildman–Crippen LogP) is 3.21. The molecule has 4 rings (SSSR count). The molecule has 0 bridgehead atoms. The van der Waals surface area contributed by atoms with E-state index in [0.717, 1.165) is 4.57 Å². The highest BCUT2D eigenvalue weighted by molar-refractivity contribution is 6.09. The van der Waals surface area contributed by atoms with Gasteiger partial charge in [0.2, 0.25) is 0 Å². The standard InChI is InChI=1S/C23H19N3O6/c1-14-11-20-24-15(12-21(27)26(20)32-14)13-31-23(29)16-7-3-5-9-18(16)25-22(28)17-8-4-6-10-19(17)30-2/h3-12H,13H2,1-2H3,(H,25,28). The zero-order chi connectivity index (χ0) is 22.7. The van der Waals surface area contributed by atoms with Crippen molar-refractivity contribution in [3.8, 4) is 5.75 Å². The van der Waals surface area contributed by atoms with Gasteiger partial charge in [-0.1, -0.05) is 24.3 Å². The van der Waals surface area contributed by atoms with Crippen molar-refractivity contribution in [1.29, 1.82) is 0 Å². The molecule has 32 heavy (non-hydrogen) atoms. The monoisotopic (exact) mass is 433 g/mol. The molecular weight excluding hydrogens is 414 g/mol. The molecule has 1 N–H and O–H groups in total. The van der Waals surface area contributed by atoms with E-state index >= 15 is 0 Å². The number of nitrogens with one attached hydrogen (secondary N) is 1. The molecule has 0 aliphatic rings. The van der Waals surface area contributed by atoms with E-state index in [4.69, 9.17) is 14.0 Å². The summed E-state index contributed by atoms with van der Waals surface area (Å²) < 4.78 is 16.9. The summed E-state index contributed by atoms with van der Waals surface area (Å²) in [6, 6.07) is 16.1. The van der Waals surface area contributed by atoms with Crippen molar-refractivity contribution in [2.75, 3.05) is 12.4 Å². The normalized spacial score (nSPS) is 10.7. The Hall–Kier alpha value is -4.40. The van der Waals surface area contributed by atoms with Gasteiger partial charge in [0.15, 0.2) is 5.65 Å². The first-order chi connectivity index (χ1) is 15.5. The van der Waals surface area contributed by atoms with Crippen LogP contribution in [0.25, 0.3) is 5.65 Å². The fraction of sp³-hybridized carbons (Fsp3) is 0.130. The summed E-state index contributed by atoms with van der Waals surface area (Å²) in [7, 11) is 1.47. The summed E-state index contributed by atoms with van der Waals surface area (Å²) in [5.74, 6) is -0.166. The van der Waals surface area contributed by atoms with Gasteiger partial charge in [0.05, 0.1) is 29.6 Å². The molecule has 0 atom stereocenters. The molecule has 0 unspecified atom stereocenters. The second-order valence-corrected chi connectivity index (χ2v) is 6.86. The minimum Gasteiger partial charge on any atom is -0.496 e. The van der Waals surface area contributed by atoms with Gasteiger partial charge in [-0.25, -0.2) is 9.78 Å². The van der Waals surface area contributed by atoms with Crippen molar-refractivity contribution in [3.63, 3.8) is 0 Å². The number of hydrogen-bond donors (Lipinski definition) is 1. The number of para-hydroxylation sites is 2. The smallest absolute Gasteiger partial charge is 0.340 e. The predicted molar refractivity (Wildman–Crippen MR) is 115 cm³/mol. The topological polar surface area (TPSA) is 112 Å². The summed E-state index contributed by atoms with van der Waals surface area (Å²) in [4.78, 5) is 41.8. The van der Waals surface area contributed by atoms with Crippen molar-refractivity contribution in [1.82, 2.24) is 9.56 Å². The van der Waals surface area contributed by atoms with Gasteiger partial charge in [0.25, 0.3) is 11.5 Å². The van der Waals surface area contributed by atoms with E-state index in [-0.39, 0.29) is 23.6 Å². The number of ether oxygens (including phenoxy) is 2. The first-order valence-electron chi connectivity index (χ1n) is 9.66. The van der Waals surface area contributed by atoms with Crippen LogP contribution in [0.3, 0.4) is 0 Å². The fourth-order valence-corrected chi connectivity index (χ4v) is 3.16. The van der Waals surface area contributed by atoms with Crippen LogP contribution in [0.1, 0.15) is 32.2 Å². The lowest BCUT2D eigenvalue weighted by Crippen LogP contribution is -2.17. The van der Waals surface area contributed by atoms with Crippen LogP contribution in [0.5, 0.6) is 5.75 Å². The number of nitrogens with zero attached hydrogens (tertiary/aromatic N) is 2. The van der Waals surface area contributed by atoms with E-state index in [1.54, 1.807) is 55.5 Å². The highest BCUT2D eigenvalue weighted by Gasteiger charge is 2.18. The number of anilines is 1. The third kappa shape index (κ3) is 4.22. The minimum absolute atomic E-state index is 0.160. The zero-order valence-electron chi connectivity index (χ0n) is 17.3. The number of hydrogen-bond acceptors (Lipinski definition) is 7. The average molecular weight is 433 g/mol. The van der Waals surface area contributed by atoms with E-state index in [1.807, 2.05) is 0 Å². The molecule has 0 aliphatic heterocycles. The quantitative estimate of drug-likeness (QED) is 0.465. The van der Waals surface area contributed by atoms with E-state index in [0.29, 0.717) is 22.7 Å². The van der Waals surface area contributed by atoms with Crippen molar-refractivity contribution in [3.05, 3.63) is 93.6 Å². The minimum atomic E-state index is -0.675. The van der Waals surface area contributed by atoms with Gasteiger partial charge >= 0.3 is 5.97 Å². The molecule has 1 amide bonds. The summed E-state index contributed by atoms with van der Waals surface area (Å²) in [5, 5.41) is 2.72. The molecule has 0 spiro atoms. The number of methoxy groups -OCH3 is 1. The molecule has 0 fully saturated rings. The third-order valence-corrected chi connectivity index (χ3v) is 4.62. The van der Waals surface area contributed by atoms with Gasteiger partial charge in [0.1, 0.15) is 18.1 Å². The van der Waals surface area contributed by atoms with Crippen LogP contribution >= 0.6 is 0 Å². The molecule has 9 heteroatoms. The number of amides is 1. The maximum atomic E-state index is 12.7. The lowest BCUT2D eigenvalue weighted by atomic mass is 10.1. The first-order valence-corrected chi connectivity index (χ1v) is 9.66. The van der Waals surface area contributed by atoms with Crippen LogP contribution in [0.2, 0.25) is 0 Å². The van der Waals surface area contributed by atoms with Crippen LogP contribution in [-0.4, -0.2) is 28.5 Å². The van der Waals surface area contributed by atoms with Crippen LogP contribution < -0.4 is 15.6 Å². The molecule has 2 aromatic heterocycles. The molecule has 0 saturated heterocycles. The average Bonchev–Trinajstić information content (AvgIpc) is 3.18. The Morgan fingerprint density at radius 3 is 2.56 bits per heavy atom. The Morgan fingerprint density at radius 2 is 1.78 bits per heavy atom.